The molecule has 0 radical (unpaired) electrons. The number of rotatable bonds is 3. The number of nitrogens with one attached hydrogen (secondary N) is 1. The van der Waals surface area contributed by atoms with Gasteiger partial charge in [0, 0.05) is 37.9 Å². The normalized spacial score (nSPS) is 23.7. The van der Waals surface area contributed by atoms with Gasteiger partial charge in [-0.3, -0.25) is 0 Å². The molecule has 2 fully saturated rings. The van der Waals surface area contributed by atoms with Crippen molar-refractivity contribution in [3.63, 3.8) is 0 Å². The highest BCUT2D eigenvalue weighted by Gasteiger charge is 2.39. The van der Waals surface area contributed by atoms with Gasteiger partial charge in [0.1, 0.15) is 5.60 Å². The monoisotopic (exact) mass is 418 g/mol. The Morgan fingerprint density at radius 3 is 2.85 bits per heavy atom. The van der Waals surface area contributed by atoms with E-state index in [4.69, 9.17) is 9.47 Å². The first kappa shape index (κ1) is 23.2. The topological polar surface area (TPSA) is 59.5 Å². The van der Waals surface area contributed by atoms with Crippen LogP contribution in [0.3, 0.4) is 0 Å². The van der Waals surface area contributed by atoms with E-state index in [0.29, 0.717) is 51.1 Å². The number of alkyl halides is 3. The van der Waals surface area contributed by atoms with Crippen LogP contribution in [0.15, 0.2) is 12.3 Å². The number of aryl methyl sites for hydroxylation is 1. The summed E-state index contributed by atoms with van der Waals surface area (Å²) in [6.07, 6.45) is -3.69. The van der Waals surface area contributed by atoms with Crippen molar-refractivity contribution in [3.05, 3.63) is 18.0 Å². The summed E-state index contributed by atoms with van der Waals surface area (Å²) in [6.45, 7) is 4.19. The minimum Gasteiger partial charge on any atom is -0.377 e. The molecule has 1 unspecified atom stereocenters. The minimum atomic E-state index is -4.18. The lowest BCUT2D eigenvalue weighted by molar-refractivity contribution is -0.134. The highest BCUT2D eigenvalue weighted by Crippen LogP contribution is 2.24. The van der Waals surface area contributed by atoms with E-state index in [1.165, 1.54) is 12.3 Å². The third-order valence-corrected chi connectivity index (χ3v) is 4.13. The SMILES string of the molecule is Cl.Cl.FC(F)(F)CCc1ccnc(N2CCOC3(CNCCOC3)C2)n1. The summed E-state index contributed by atoms with van der Waals surface area (Å²) in [4.78, 5) is 10.5. The molecule has 0 saturated carbocycles. The van der Waals surface area contributed by atoms with Gasteiger partial charge in [0.25, 0.3) is 0 Å². The molecule has 2 aliphatic heterocycles. The van der Waals surface area contributed by atoms with Crippen LogP contribution in [0.2, 0.25) is 0 Å². The maximum Gasteiger partial charge on any atom is 0.389 e. The van der Waals surface area contributed by atoms with Gasteiger partial charge in [-0.05, 0) is 12.5 Å². The number of hydrogen-bond acceptors (Lipinski definition) is 6. The Bertz CT molecular complexity index is 558. The third-order valence-electron chi connectivity index (χ3n) is 4.13. The van der Waals surface area contributed by atoms with E-state index in [0.717, 1.165) is 6.54 Å². The summed E-state index contributed by atoms with van der Waals surface area (Å²) >= 11 is 0. The van der Waals surface area contributed by atoms with Gasteiger partial charge in [0.2, 0.25) is 5.95 Å². The lowest BCUT2D eigenvalue weighted by Crippen LogP contribution is -2.58. The molecule has 0 aromatic carbocycles. The molecule has 0 bridgehead atoms. The molecular formula is C15H23Cl2F3N4O2. The van der Waals surface area contributed by atoms with E-state index in [9.17, 15) is 13.2 Å². The first-order valence-corrected chi connectivity index (χ1v) is 8.02. The van der Waals surface area contributed by atoms with Crippen molar-refractivity contribution in [1.29, 1.82) is 0 Å². The second kappa shape index (κ2) is 9.89. The molecule has 3 rings (SSSR count). The molecule has 1 N–H and O–H groups in total. The Hall–Kier alpha value is -0.870. The van der Waals surface area contributed by atoms with Crippen LogP contribution in [0.1, 0.15) is 12.1 Å². The number of hydrogen-bond donors (Lipinski definition) is 1. The summed E-state index contributed by atoms with van der Waals surface area (Å²) < 4.78 is 48.7. The smallest absolute Gasteiger partial charge is 0.377 e. The molecule has 11 heteroatoms. The molecule has 6 nitrogen and oxygen atoms in total. The second-order valence-electron chi connectivity index (χ2n) is 6.15. The zero-order valence-corrected chi connectivity index (χ0v) is 15.8. The van der Waals surface area contributed by atoms with E-state index in [1.54, 1.807) is 0 Å². The molecule has 3 heterocycles. The Morgan fingerprint density at radius 2 is 2.08 bits per heavy atom. The molecule has 2 saturated heterocycles. The van der Waals surface area contributed by atoms with Crippen molar-refractivity contribution in [2.45, 2.75) is 24.6 Å². The maximum absolute atomic E-state index is 12.4. The van der Waals surface area contributed by atoms with Crippen molar-refractivity contribution in [3.8, 4) is 0 Å². The van der Waals surface area contributed by atoms with Gasteiger partial charge in [-0.15, -0.1) is 24.8 Å². The van der Waals surface area contributed by atoms with Gasteiger partial charge in [-0.2, -0.15) is 13.2 Å². The number of halogens is 5. The fourth-order valence-electron chi connectivity index (χ4n) is 2.93. The minimum absolute atomic E-state index is 0. The molecule has 1 spiro atoms. The number of anilines is 1. The summed E-state index contributed by atoms with van der Waals surface area (Å²) in [6, 6.07) is 1.53. The van der Waals surface area contributed by atoms with Gasteiger partial charge < -0.3 is 19.7 Å². The summed E-state index contributed by atoms with van der Waals surface area (Å²) in [7, 11) is 0. The number of ether oxygens (including phenoxy) is 2. The van der Waals surface area contributed by atoms with Crippen LogP contribution >= 0.6 is 24.8 Å². The quantitative estimate of drug-likeness (QED) is 0.809. The second-order valence-corrected chi connectivity index (χ2v) is 6.15. The van der Waals surface area contributed by atoms with Crippen molar-refractivity contribution in [2.24, 2.45) is 0 Å². The first-order chi connectivity index (χ1) is 11.5. The molecule has 1 aromatic rings. The van der Waals surface area contributed by atoms with Crippen molar-refractivity contribution < 1.29 is 22.6 Å². The van der Waals surface area contributed by atoms with Gasteiger partial charge in [-0.1, -0.05) is 0 Å². The van der Waals surface area contributed by atoms with Crippen molar-refractivity contribution in [2.75, 3.05) is 50.9 Å². The van der Waals surface area contributed by atoms with Crippen LogP contribution in [-0.2, 0) is 15.9 Å². The molecule has 150 valence electrons. The number of morpholine rings is 1. The van der Waals surface area contributed by atoms with E-state index in [2.05, 4.69) is 15.3 Å². The van der Waals surface area contributed by atoms with Crippen LogP contribution < -0.4 is 10.2 Å². The summed E-state index contributed by atoms with van der Waals surface area (Å²) in [5.41, 5.74) is -0.0757. The lowest BCUT2D eigenvalue weighted by atomic mass is 10.0. The van der Waals surface area contributed by atoms with Crippen molar-refractivity contribution in [1.82, 2.24) is 15.3 Å². The average Bonchev–Trinajstić information content (AvgIpc) is 2.78. The molecule has 0 amide bonds. The highest BCUT2D eigenvalue weighted by molar-refractivity contribution is 5.85. The van der Waals surface area contributed by atoms with E-state index in [-0.39, 0.29) is 31.2 Å². The third kappa shape index (κ3) is 6.38. The standard InChI is InChI=1S/C15H21F3N4O2.2ClH/c16-15(17,18)3-1-12-2-4-20-13(21-12)22-6-8-24-14(10-22)9-19-5-7-23-11-14;;/h2,4,19H,1,3,5-11H2;2*1H. The van der Waals surface area contributed by atoms with E-state index >= 15 is 0 Å². The van der Waals surface area contributed by atoms with E-state index in [1.807, 2.05) is 4.90 Å². The van der Waals surface area contributed by atoms with Crippen LogP contribution in [-0.4, -0.2) is 67.7 Å². The van der Waals surface area contributed by atoms with Gasteiger partial charge in [-0.25, -0.2) is 9.97 Å². The largest absolute Gasteiger partial charge is 0.389 e. The Kier molecular flexibility index (Phi) is 8.81. The highest BCUT2D eigenvalue weighted by atomic mass is 35.5. The number of nitrogens with zero attached hydrogens (tertiary/aromatic N) is 3. The summed E-state index contributed by atoms with van der Waals surface area (Å²) in [5, 5.41) is 3.29. The van der Waals surface area contributed by atoms with E-state index < -0.39 is 18.2 Å². The number of aromatic nitrogens is 2. The van der Waals surface area contributed by atoms with Crippen LogP contribution in [0.5, 0.6) is 0 Å². The van der Waals surface area contributed by atoms with Crippen LogP contribution in [0.25, 0.3) is 0 Å². The van der Waals surface area contributed by atoms with Crippen LogP contribution in [0.4, 0.5) is 19.1 Å². The Morgan fingerprint density at radius 1 is 1.27 bits per heavy atom. The Labute approximate surface area is 162 Å². The zero-order chi connectivity index (χ0) is 17.0. The summed E-state index contributed by atoms with van der Waals surface area (Å²) in [5.74, 6) is 0.446. The predicted octanol–water partition coefficient (Wildman–Crippen LogP) is 2.01. The molecule has 1 atom stereocenters. The average molecular weight is 419 g/mol. The predicted molar refractivity (Wildman–Crippen MR) is 95.5 cm³/mol. The van der Waals surface area contributed by atoms with Gasteiger partial charge in [0.15, 0.2) is 0 Å². The molecule has 2 aliphatic rings. The lowest BCUT2D eigenvalue weighted by Gasteiger charge is -2.41. The Balaban J connectivity index is 0.00000169. The molecule has 1 aromatic heterocycles. The maximum atomic E-state index is 12.4. The zero-order valence-electron chi connectivity index (χ0n) is 14.1. The van der Waals surface area contributed by atoms with Crippen molar-refractivity contribution >= 4 is 30.8 Å². The fourth-order valence-corrected chi connectivity index (χ4v) is 2.93. The first-order valence-electron chi connectivity index (χ1n) is 8.02. The fraction of sp³-hybridized carbons (Fsp3) is 0.733. The molecule has 0 aliphatic carbocycles. The molecular weight excluding hydrogens is 396 g/mol. The molecule has 26 heavy (non-hydrogen) atoms. The van der Waals surface area contributed by atoms with Gasteiger partial charge >= 0.3 is 6.18 Å². The van der Waals surface area contributed by atoms with Gasteiger partial charge in [0.05, 0.1) is 26.4 Å². The van der Waals surface area contributed by atoms with Crippen LogP contribution in [0, 0.1) is 0 Å².